The minimum atomic E-state index is -0.744. The van der Waals surface area contributed by atoms with E-state index in [0.717, 1.165) is 19.3 Å². The van der Waals surface area contributed by atoms with Gasteiger partial charge in [0, 0.05) is 10.6 Å². The molecule has 0 aliphatic heterocycles. The van der Waals surface area contributed by atoms with Crippen LogP contribution in [0.3, 0.4) is 0 Å². The molecule has 1 atom stereocenters. The van der Waals surface area contributed by atoms with Gasteiger partial charge in [0.2, 0.25) is 5.78 Å². The summed E-state index contributed by atoms with van der Waals surface area (Å²) in [5.41, 5.74) is 0.216. The molecule has 4 aliphatic rings. The first-order valence-corrected chi connectivity index (χ1v) is 9.34. The van der Waals surface area contributed by atoms with Gasteiger partial charge in [0.05, 0.1) is 5.41 Å². The number of hydrogen-bond acceptors (Lipinski definition) is 3. The lowest BCUT2D eigenvalue weighted by molar-refractivity contribution is -0.174. The van der Waals surface area contributed by atoms with Crippen LogP contribution in [0.4, 0.5) is 0 Å². The van der Waals surface area contributed by atoms with Gasteiger partial charge in [-0.15, -0.1) is 0 Å². The molecule has 4 aliphatic carbocycles. The molecule has 0 amide bonds. The highest BCUT2D eigenvalue weighted by atomic mass is 35.5. The number of ketones is 1. The maximum absolute atomic E-state index is 12.9. The average molecular weight is 347 g/mol. The van der Waals surface area contributed by atoms with Crippen LogP contribution in [-0.2, 0) is 9.53 Å². The molecular formula is C20H23ClO3. The van der Waals surface area contributed by atoms with Crippen molar-refractivity contribution in [1.29, 1.82) is 0 Å². The van der Waals surface area contributed by atoms with Crippen LogP contribution in [0.5, 0.6) is 0 Å². The fourth-order valence-electron chi connectivity index (χ4n) is 5.55. The van der Waals surface area contributed by atoms with Crippen molar-refractivity contribution >= 4 is 23.4 Å². The quantitative estimate of drug-likeness (QED) is 0.587. The standard InChI is InChI=1S/C20H23ClO3/c1-12(18(22)16-2-4-17(21)5-3-16)24-19(23)20-9-13-6-14(10-20)8-15(7-13)11-20/h2-5,12-15H,6-11H2,1H3/t12-,13?,14?,15?,20?/m1/s1. The summed E-state index contributed by atoms with van der Waals surface area (Å²) in [6.07, 6.45) is 5.98. The minimum absolute atomic E-state index is 0.142. The van der Waals surface area contributed by atoms with Gasteiger partial charge in [0.25, 0.3) is 0 Å². The van der Waals surface area contributed by atoms with Crippen molar-refractivity contribution in [2.45, 2.75) is 51.6 Å². The molecule has 3 nitrogen and oxygen atoms in total. The lowest BCUT2D eigenvalue weighted by Crippen LogP contribution is -2.51. The molecule has 0 spiro atoms. The lowest BCUT2D eigenvalue weighted by Gasteiger charge is -2.55. The number of halogens is 1. The van der Waals surface area contributed by atoms with Crippen LogP contribution >= 0.6 is 11.6 Å². The minimum Gasteiger partial charge on any atom is -0.454 e. The first kappa shape index (κ1) is 16.1. The molecule has 5 rings (SSSR count). The molecule has 4 fully saturated rings. The van der Waals surface area contributed by atoms with Gasteiger partial charge in [0.15, 0.2) is 6.10 Å². The molecule has 1 aromatic carbocycles. The maximum Gasteiger partial charge on any atom is 0.312 e. The predicted molar refractivity (Wildman–Crippen MR) is 91.9 cm³/mol. The van der Waals surface area contributed by atoms with Gasteiger partial charge in [-0.2, -0.15) is 0 Å². The zero-order valence-corrected chi connectivity index (χ0v) is 14.7. The van der Waals surface area contributed by atoms with Gasteiger partial charge in [-0.3, -0.25) is 9.59 Å². The summed E-state index contributed by atoms with van der Waals surface area (Å²) >= 11 is 5.86. The molecule has 0 heterocycles. The second kappa shape index (κ2) is 5.87. The summed E-state index contributed by atoms with van der Waals surface area (Å²) in [6, 6.07) is 6.73. The lowest BCUT2D eigenvalue weighted by atomic mass is 9.49. The van der Waals surface area contributed by atoms with E-state index in [9.17, 15) is 9.59 Å². The van der Waals surface area contributed by atoms with Crippen molar-refractivity contribution in [2.24, 2.45) is 23.2 Å². The van der Waals surface area contributed by atoms with E-state index in [1.165, 1.54) is 19.3 Å². The first-order chi connectivity index (χ1) is 11.4. The van der Waals surface area contributed by atoms with Crippen molar-refractivity contribution in [3.05, 3.63) is 34.9 Å². The van der Waals surface area contributed by atoms with Gasteiger partial charge in [-0.25, -0.2) is 0 Å². The Kier molecular flexibility index (Phi) is 3.95. The highest BCUT2D eigenvalue weighted by Gasteiger charge is 2.55. The Balaban J connectivity index is 1.46. The van der Waals surface area contributed by atoms with E-state index in [-0.39, 0.29) is 17.2 Å². The molecule has 1 aromatic rings. The molecule has 128 valence electrons. The Labute approximate surface area is 147 Å². The van der Waals surface area contributed by atoms with Crippen molar-refractivity contribution < 1.29 is 14.3 Å². The Hall–Kier alpha value is -1.35. The largest absolute Gasteiger partial charge is 0.454 e. The summed E-state index contributed by atoms with van der Waals surface area (Å²) < 4.78 is 5.66. The molecule has 4 heteroatoms. The number of hydrogen-bond donors (Lipinski definition) is 0. The predicted octanol–water partition coefficient (Wildman–Crippen LogP) is 4.67. The third-order valence-electron chi connectivity index (χ3n) is 6.25. The van der Waals surface area contributed by atoms with Gasteiger partial charge >= 0.3 is 5.97 Å². The molecule has 4 saturated carbocycles. The molecular weight excluding hydrogens is 324 g/mol. The Morgan fingerprint density at radius 2 is 1.54 bits per heavy atom. The summed E-state index contributed by atoms with van der Waals surface area (Å²) in [7, 11) is 0. The van der Waals surface area contributed by atoms with Gasteiger partial charge in [-0.1, -0.05) is 11.6 Å². The van der Waals surface area contributed by atoms with Crippen molar-refractivity contribution in [2.75, 3.05) is 0 Å². The van der Waals surface area contributed by atoms with Crippen molar-refractivity contribution in [1.82, 2.24) is 0 Å². The summed E-state index contributed by atoms with van der Waals surface area (Å²) in [4.78, 5) is 25.4. The summed E-state index contributed by atoms with van der Waals surface area (Å²) in [5.74, 6) is 1.75. The summed E-state index contributed by atoms with van der Waals surface area (Å²) in [6.45, 7) is 1.68. The van der Waals surface area contributed by atoms with Crippen LogP contribution in [0.15, 0.2) is 24.3 Å². The summed E-state index contributed by atoms with van der Waals surface area (Å²) in [5, 5.41) is 0.588. The molecule has 0 radical (unpaired) electrons. The Bertz CT molecular complexity index is 629. The zero-order valence-electron chi connectivity index (χ0n) is 14.0. The molecule has 0 aromatic heterocycles. The number of ether oxygens (including phenoxy) is 1. The van der Waals surface area contributed by atoms with E-state index in [1.807, 2.05) is 0 Å². The third-order valence-corrected chi connectivity index (χ3v) is 6.51. The second-order valence-electron chi connectivity index (χ2n) is 8.12. The first-order valence-electron chi connectivity index (χ1n) is 8.96. The van der Waals surface area contributed by atoms with Crippen LogP contribution in [0, 0.1) is 23.2 Å². The molecule has 0 N–H and O–H groups in total. The molecule has 0 unspecified atom stereocenters. The normalized spacial score (nSPS) is 34.8. The number of benzene rings is 1. The van der Waals surface area contributed by atoms with Crippen LogP contribution in [0.25, 0.3) is 0 Å². The highest BCUT2D eigenvalue weighted by molar-refractivity contribution is 6.30. The zero-order chi connectivity index (χ0) is 16.9. The van der Waals surface area contributed by atoms with Crippen molar-refractivity contribution in [3.8, 4) is 0 Å². The monoisotopic (exact) mass is 346 g/mol. The SMILES string of the molecule is C[C@@H](OC(=O)C12CC3CC(CC(C3)C1)C2)C(=O)c1ccc(Cl)cc1. The van der Waals surface area contributed by atoms with Crippen molar-refractivity contribution in [3.63, 3.8) is 0 Å². The van der Waals surface area contributed by atoms with Crippen LogP contribution in [-0.4, -0.2) is 17.9 Å². The number of carbonyl (C=O) groups is 2. The number of esters is 1. The Morgan fingerprint density at radius 3 is 2.04 bits per heavy atom. The molecule has 24 heavy (non-hydrogen) atoms. The van der Waals surface area contributed by atoms with E-state index in [4.69, 9.17) is 16.3 Å². The van der Waals surface area contributed by atoms with E-state index >= 15 is 0 Å². The van der Waals surface area contributed by atoms with E-state index in [2.05, 4.69) is 0 Å². The van der Waals surface area contributed by atoms with Gasteiger partial charge < -0.3 is 4.74 Å². The number of carbonyl (C=O) groups excluding carboxylic acids is 2. The van der Waals surface area contributed by atoms with Crippen LogP contribution < -0.4 is 0 Å². The van der Waals surface area contributed by atoms with Gasteiger partial charge in [-0.05, 0) is 87.5 Å². The highest BCUT2D eigenvalue weighted by Crippen LogP contribution is 2.60. The maximum atomic E-state index is 12.9. The van der Waals surface area contributed by atoms with Gasteiger partial charge in [0.1, 0.15) is 0 Å². The molecule has 4 bridgehead atoms. The topological polar surface area (TPSA) is 43.4 Å². The molecule has 0 saturated heterocycles. The Morgan fingerprint density at radius 1 is 1.04 bits per heavy atom. The van der Waals surface area contributed by atoms with Crippen LogP contribution in [0.1, 0.15) is 55.8 Å². The van der Waals surface area contributed by atoms with E-state index < -0.39 is 6.10 Å². The number of Topliss-reactive ketones (excluding diaryl/α,β-unsaturated/α-hetero) is 1. The average Bonchev–Trinajstić information content (AvgIpc) is 2.53. The van der Waals surface area contributed by atoms with E-state index in [0.29, 0.717) is 28.3 Å². The number of rotatable bonds is 4. The third kappa shape index (κ3) is 2.77. The van der Waals surface area contributed by atoms with E-state index in [1.54, 1.807) is 31.2 Å². The van der Waals surface area contributed by atoms with Crippen LogP contribution in [0.2, 0.25) is 5.02 Å². The fourth-order valence-corrected chi connectivity index (χ4v) is 5.67. The second-order valence-corrected chi connectivity index (χ2v) is 8.55. The fraction of sp³-hybridized carbons (Fsp3) is 0.600. The smallest absolute Gasteiger partial charge is 0.312 e.